The molecule has 0 aliphatic rings. The van der Waals surface area contributed by atoms with Gasteiger partial charge in [-0.25, -0.2) is 0 Å². The van der Waals surface area contributed by atoms with Crippen LogP contribution in [0.25, 0.3) is 0 Å². The summed E-state index contributed by atoms with van der Waals surface area (Å²) < 4.78 is 0. The maximum absolute atomic E-state index is 2.34. The van der Waals surface area contributed by atoms with Gasteiger partial charge >= 0.3 is 0 Å². The van der Waals surface area contributed by atoms with E-state index in [1.165, 1.54) is 36.0 Å². The van der Waals surface area contributed by atoms with E-state index in [1.807, 2.05) is 6.92 Å². The zero-order valence-electron chi connectivity index (χ0n) is 11.4. The van der Waals surface area contributed by atoms with E-state index in [4.69, 9.17) is 0 Å². The van der Waals surface area contributed by atoms with Crippen molar-refractivity contribution in [1.82, 2.24) is 0 Å². The molecule has 0 N–H and O–H groups in total. The molecule has 0 heterocycles. The van der Waals surface area contributed by atoms with E-state index in [2.05, 4.69) is 56.4 Å². The van der Waals surface area contributed by atoms with Gasteiger partial charge in [-0.3, -0.25) is 0 Å². The lowest BCUT2D eigenvalue weighted by Crippen LogP contribution is -1.91. The SMILES string of the molecule is CC=CC=CCc1ccc(CCCC)cc1C. The summed E-state index contributed by atoms with van der Waals surface area (Å²) in [5.41, 5.74) is 4.33. The lowest BCUT2D eigenvalue weighted by atomic mass is 10.00. The van der Waals surface area contributed by atoms with Gasteiger partial charge in [-0.15, -0.1) is 0 Å². The first kappa shape index (κ1) is 13.8. The number of aryl methyl sites for hydroxylation is 2. The molecule has 17 heavy (non-hydrogen) atoms. The van der Waals surface area contributed by atoms with Crippen molar-refractivity contribution in [3.63, 3.8) is 0 Å². The summed E-state index contributed by atoms with van der Waals surface area (Å²) in [6.07, 6.45) is 13.3. The Morgan fingerprint density at radius 1 is 1.18 bits per heavy atom. The third-order valence-electron chi connectivity index (χ3n) is 3.00. The highest BCUT2D eigenvalue weighted by molar-refractivity contribution is 5.32. The van der Waals surface area contributed by atoms with Crippen LogP contribution >= 0.6 is 0 Å². The second-order valence-corrected chi connectivity index (χ2v) is 4.52. The molecule has 0 aliphatic heterocycles. The van der Waals surface area contributed by atoms with Gasteiger partial charge in [-0.1, -0.05) is 55.8 Å². The minimum atomic E-state index is 1.03. The Hall–Kier alpha value is -1.30. The number of hydrogen-bond acceptors (Lipinski definition) is 0. The maximum atomic E-state index is 2.34. The Morgan fingerprint density at radius 3 is 2.65 bits per heavy atom. The van der Waals surface area contributed by atoms with E-state index < -0.39 is 0 Å². The third kappa shape index (κ3) is 5.04. The second-order valence-electron chi connectivity index (χ2n) is 4.52. The van der Waals surface area contributed by atoms with Crippen LogP contribution in [0.3, 0.4) is 0 Å². The standard InChI is InChI=1S/C17H24/c1-4-6-8-9-11-17-13-12-16(10-7-5-2)14-15(17)3/h4,6,8-9,12-14H,5,7,10-11H2,1-3H3. The van der Waals surface area contributed by atoms with Crippen LogP contribution in [0.2, 0.25) is 0 Å². The van der Waals surface area contributed by atoms with Gasteiger partial charge in [0.25, 0.3) is 0 Å². The van der Waals surface area contributed by atoms with Crippen molar-refractivity contribution in [2.75, 3.05) is 0 Å². The fraction of sp³-hybridized carbons (Fsp3) is 0.412. The highest BCUT2D eigenvalue weighted by Gasteiger charge is 1.98. The van der Waals surface area contributed by atoms with Gasteiger partial charge in [-0.2, -0.15) is 0 Å². The van der Waals surface area contributed by atoms with Crippen LogP contribution in [0.1, 0.15) is 43.4 Å². The Balaban J connectivity index is 2.62. The molecule has 0 amide bonds. The van der Waals surface area contributed by atoms with Crippen LogP contribution < -0.4 is 0 Å². The summed E-state index contributed by atoms with van der Waals surface area (Å²) in [5.74, 6) is 0. The van der Waals surface area contributed by atoms with Gasteiger partial charge in [0.1, 0.15) is 0 Å². The smallest absolute Gasteiger partial charge is 0.00917 e. The van der Waals surface area contributed by atoms with Gasteiger partial charge in [0.15, 0.2) is 0 Å². The predicted molar refractivity (Wildman–Crippen MR) is 77.4 cm³/mol. The average Bonchev–Trinajstić information content (AvgIpc) is 2.34. The monoisotopic (exact) mass is 228 g/mol. The molecule has 0 atom stereocenters. The Labute approximate surface area is 106 Å². The topological polar surface area (TPSA) is 0 Å². The molecule has 1 aromatic rings. The molecule has 92 valence electrons. The summed E-state index contributed by atoms with van der Waals surface area (Å²) >= 11 is 0. The summed E-state index contributed by atoms with van der Waals surface area (Å²) in [7, 11) is 0. The minimum Gasteiger partial charge on any atom is -0.0877 e. The average molecular weight is 228 g/mol. The zero-order chi connectivity index (χ0) is 12.5. The fourth-order valence-corrected chi connectivity index (χ4v) is 1.91. The molecule has 0 radical (unpaired) electrons. The van der Waals surface area contributed by atoms with Crippen LogP contribution in [0, 0.1) is 6.92 Å². The van der Waals surface area contributed by atoms with E-state index in [1.54, 1.807) is 0 Å². The quantitative estimate of drug-likeness (QED) is 0.600. The summed E-state index contributed by atoms with van der Waals surface area (Å²) in [6.45, 7) is 6.50. The lowest BCUT2D eigenvalue weighted by molar-refractivity contribution is 0.794. The Bertz CT molecular complexity index is 383. The molecule has 0 aliphatic carbocycles. The van der Waals surface area contributed by atoms with Crippen molar-refractivity contribution in [3.8, 4) is 0 Å². The molecular weight excluding hydrogens is 204 g/mol. The van der Waals surface area contributed by atoms with Crippen molar-refractivity contribution < 1.29 is 0 Å². The van der Waals surface area contributed by atoms with Crippen molar-refractivity contribution >= 4 is 0 Å². The van der Waals surface area contributed by atoms with Crippen LogP contribution in [-0.2, 0) is 12.8 Å². The first-order chi connectivity index (χ1) is 8.27. The summed E-state index contributed by atoms with van der Waals surface area (Å²) in [6, 6.07) is 6.90. The molecule has 0 spiro atoms. The van der Waals surface area contributed by atoms with Crippen molar-refractivity contribution in [2.24, 2.45) is 0 Å². The van der Waals surface area contributed by atoms with E-state index >= 15 is 0 Å². The lowest BCUT2D eigenvalue weighted by Gasteiger charge is -2.06. The highest BCUT2D eigenvalue weighted by Crippen LogP contribution is 2.14. The van der Waals surface area contributed by atoms with Gasteiger partial charge in [0.2, 0.25) is 0 Å². The van der Waals surface area contributed by atoms with Crippen molar-refractivity contribution in [3.05, 3.63) is 59.2 Å². The first-order valence-electron chi connectivity index (χ1n) is 6.64. The van der Waals surface area contributed by atoms with E-state index in [0.717, 1.165) is 6.42 Å². The Kier molecular flexibility index (Phi) is 6.39. The number of benzene rings is 1. The van der Waals surface area contributed by atoms with Crippen LogP contribution in [0.5, 0.6) is 0 Å². The Morgan fingerprint density at radius 2 is 2.00 bits per heavy atom. The molecule has 0 aromatic heterocycles. The molecule has 0 saturated heterocycles. The van der Waals surface area contributed by atoms with Crippen LogP contribution in [0.15, 0.2) is 42.5 Å². The molecule has 0 unspecified atom stereocenters. The molecule has 0 bridgehead atoms. The molecular formula is C17H24. The fourth-order valence-electron chi connectivity index (χ4n) is 1.91. The number of unbranched alkanes of at least 4 members (excludes halogenated alkanes) is 1. The van der Waals surface area contributed by atoms with Crippen molar-refractivity contribution in [1.29, 1.82) is 0 Å². The number of allylic oxidation sites excluding steroid dienone is 4. The van der Waals surface area contributed by atoms with Gasteiger partial charge in [0, 0.05) is 0 Å². The van der Waals surface area contributed by atoms with Gasteiger partial charge in [0.05, 0.1) is 0 Å². The number of hydrogen-bond donors (Lipinski definition) is 0. The molecule has 0 heteroatoms. The number of rotatable bonds is 6. The first-order valence-corrected chi connectivity index (χ1v) is 6.64. The largest absolute Gasteiger partial charge is 0.0877 e. The van der Waals surface area contributed by atoms with Gasteiger partial charge in [-0.05, 0) is 49.8 Å². The molecule has 0 fully saturated rings. The zero-order valence-corrected chi connectivity index (χ0v) is 11.4. The second kappa shape index (κ2) is 7.89. The van der Waals surface area contributed by atoms with E-state index in [9.17, 15) is 0 Å². The van der Waals surface area contributed by atoms with E-state index in [-0.39, 0.29) is 0 Å². The van der Waals surface area contributed by atoms with Crippen LogP contribution in [0.4, 0.5) is 0 Å². The highest BCUT2D eigenvalue weighted by atomic mass is 14.0. The normalized spacial score (nSPS) is 11.7. The predicted octanol–water partition coefficient (Wildman–Crippen LogP) is 5.01. The molecule has 1 aromatic carbocycles. The third-order valence-corrected chi connectivity index (χ3v) is 3.00. The summed E-state index contributed by atoms with van der Waals surface area (Å²) in [4.78, 5) is 0. The molecule has 0 saturated carbocycles. The molecule has 0 nitrogen and oxygen atoms in total. The van der Waals surface area contributed by atoms with Crippen LogP contribution in [-0.4, -0.2) is 0 Å². The summed E-state index contributed by atoms with van der Waals surface area (Å²) in [5, 5.41) is 0. The van der Waals surface area contributed by atoms with E-state index in [0.29, 0.717) is 0 Å². The van der Waals surface area contributed by atoms with Gasteiger partial charge < -0.3 is 0 Å². The van der Waals surface area contributed by atoms with Crippen molar-refractivity contribution in [2.45, 2.75) is 46.5 Å². The maximum Gasteiger partial charge on any atom is -0.00917 e. The molecule has 1 rings (SSSR count). The minimum absolute atomic E-state index is 1.03.